The van der Waals surface area contributed by atoms with Crippen LogP contribution in [-0.4, -0.2) is 14.7 Å². The van der Waals surface area contributed by atoms with Gasteiger partial charge in [-0.25, -0.2) is 4.98 Å². The molecule has 0 atom stereocenters. The number of aryl methyl sites for hydroxylation is 2. The Morgan fingerprint density at radius 2 is 1.95 bits per heavy atom. The van der Waals surface area contributed by atoms with Gasteiger partial charge in [-0.1, -0.05) is 23.7 Å². The molecule has 2 rings (SSSR count). The Hall–Kier alpha value is -1.32. The quantitative estimate of drug-likeness (QED) is 0.910. The molecule has 0 saturated carbocycles. The molecule has 0 radical (unpaired) electrons. The third kappa shape index (κ3) is 3.82. The van der Waals surface area contributed by atoms with Gasteiger partial charge >= 0.3 is 0 Å². The van der Waals surface area contributed by atoms with Crippen LogP contribution in [0.3, 0.4) is 0 Å². The Balaban J connectivity index is 1.93. The number of aromatic nitrogens is 2. The zero-order valence-electron chi connectivity index (χ0n) is 11.3. The van der Waals surface area contributed by atoms with Crippen LogP contribution >= 0.6 is 11.6 Å². The van der Waals surface area contributed by atoms with Crippen LogP contribution < -0.4 is 0 Å². The minimum Gasteiger partial charge on any atom is -0.383 e. The predicted octanol–water partition coefficient (Wildman–Crippen LogP) is 3.40. The predicted molar refractivity (Wildman–Crippen MR) is 77.2 cm³/mol. The summed E-state index contributed by atoms with van der Waals surface area (Å²) in [5.74, 6) is 0.712. The molecule has 0 aliphatic heterocycles. The second-order valence-corrected chi connectivity index (χ2v) is 5.67. The van der Waals surface area contributed by atoms with Crippen LogP contribution in [-0.2, 0) is 18.6 Å². The Morgan fingerprint density at radius 1 is 1.26 bits per heavy atom. The van der Waals surface area contributed by atoms with Crippen molar-refractivity contribution < 1.29 is 5.11 Å². The van der Waals surface area contributed by atoms with E-state index in [9.17, 15) is 5.11 Å². The van der Waals surface area contributed by atoms with Gasteiger partial charge in [-0.15, -0.1) is 0 Å². The third-order valence-electron chi connectivity index (χ3n) is 3.04. The number of benzene rings is 1. The van der Waals surface area contributed by atoms with Gasteiger partial charge < -0.3 is 9.67 Å². The van der Waals surface area contributed by atoms with Gasteiger partial charge in [0.2, 0.25) is 0 Å². The summed E-state index contributed by atoms with van der Waals surface area (Å²) < 4.78 is 2.01. The van der Waals surface area contributed by atoms with Gasteiger partial charge in [0.15, 0.2) is 0 Å². The average Bonchev–Trinajstić information content (AvgIpc) is 2.80. The van der Waals surface area contributed by atoms with Crippen molar-refractivity contribution in [2.24, 2.45) is 0 Å². The normalized spacial score (nSPS) is 11.8. The van der Waals surface area contributed by atoms with E-state index in [0.29, 0.717) is 5.82 Å². The van der Waals surface area contributed by atoms with Crippen molar-refractivity contribution in [1.29, 1.82) is 0 Å². The number of nitrogens with zero attached hydrogens (tertiary/aromatic N) is 2. The first-order chi connectivity index (χ1) is 8.97. The van der Waals surface area contributed by atoms with Crippen LogP contribution in [0.5, 0.6) is 0 Å². The van der Waals surface area contributed by atoms with Crippen molar-refractivity contribution in [3.63, 3.8) is 0 Å². The van der Waals surface area contributed by atoms with Crippen molar-refractivity contribution >= 4 is 11.6 Å². The van der Waals surface area contributed by atoms with Gasteiger partial charge in [0.25, 0.3) is 0 Å². The lowest BCUT2D eigenvalue weighted by Gasteiger charge is -2.18. The summed E-state index contributed by atoms with van der Waals surface area (Å²) in [6.45, 7) is 4.36. The maximum Gasteiger partial charge on any atom is 0.140 e. The lowest BCUT2D eigenvalue weighted by Crippen LogP contribution is -2.22. The molecule has 0 unspecified atom stereocenters. The molecule has 0 saturated heterocycles. The summed E-state index contributed by atoms with van der Waals surface area (Å²) in [4.78, 5) is 4.22. The highest BCUT2D eigenvalue weighted by Crippen LogP contribution is 2.18. The molecule has 3 nitrogen and oxygen atoms in total. The molecule has 0 amide bonds. The van der Waals surface area contributed by atoms with Crippen LogP contribution in [0, 0.1) is 0 Å². The van der Waals surface area contributed by atoms with Crippen molar-refractivity contribution in [2.75, 3.05) is 0 Å². The molecule has 102 valence electrons. The highest BCUT2D eigenvalue weighted by atomic mass is 35.5. The van der Waals surface area contributed by atoms with Crippen molar-refractivity contribution in [3.05, 3.63) is 53.1 Å². The fraction of sp³-hybridized carbons (Fsp3) is 0.400. The maximum atomic E-state index is 10.0. The smallest absolute Gasteiger partial charge is 0.140 e. The number of rotatable bonds is 5. The topological polar surface area (TPSA) is 38.1 Å². The average molecular weight is 279 g/mol. The first-order valence-corrected chi connectivity index (χ1v) is 6.83. The summed E-state index contributed by atoms with van der Waals surface area (Å²) in [7, 11) is 0. The van der Waals surface area contributed by atoms with Crippen molar-refractivity contribution in [3.8, 4) is 0 Å². The number of hydrogen-bond donors (Lipinski definition) is 1. The molecule has 2 aromatic rings. The molecule has 4 heteroatoms. The zero-order valence-corrected chi connectivity index (χ0v) is 12.1. The minimum absolute atomic E-state index is 0.712. The molecule has 1 aromatic heterocycles. The van der Waals surface area contributed by atoms with Gasteiger partial charge in [0.05, 0.1) is 0 Å². The molecular weight excluding hydrogens is 260 g/mol. The first-order valence-electron chi connectivity index (χ1n) is 6.45. The van der Waals surface area contributed by atoms with Gasteiger partial charge in [-0.2, -0.15) is 0 Å². The SMILES string of the molecule is CC(C)(O)c1nccn1CCCc1ccc(Cl)cc1. The molecule has 1 aromatic carbocycles. The van der Waals surface area contributed by atoms with E-state index in [1.807, 2.05) is 35.0 Å². The number of imidazole rings is 1. The van der Waals surface area contributed by atoms with Crippen LogP contribution in [0.15, 0.2) is 36.7 Å². The summed E-state index contributed by atoms with van der Waals surface area (Å²) in [5.41, 5.74) is 0.373. The minimum atomic E-state index is -0.899. The molecule has 19 heavy (non-hydrogen) atoms. The second kappa shape index (κ2) is 5.76. The summed E-state index contributed by atoms with van der Waals surface area (Å²) in [5, 5.41) is 10.8. The summed E-state index contributed by atoms with van der Waals surface area (Å²) >= 11 is 5.86. The highest BCUT2D eigenvalue weighted by molar-refractivity contribution is 6.30. The molecule has 0 aliphatic rings. The van der Waals surface area contributed by atoms with Crippen LogP contribution in [0.2, 0.25) is 5.02 Å². The monoisotopic (exact) mass is 278 g/mol. The highest BCUT2D eigenvalue weighted by Gasteiger charge is 2.21. The van der Waals surface area contributed by atoms with Crippen molar-refractivity contribution in [2.45, 2.75) is 38.8 Å². The fourth-order valence-corrected chi connectivity index (χ4v) is 2.25. The van der Waals surface area contributed by atoms with E-state index in [1.165, 1.54) is 5.56 Å². The van der Waals surface area contributed by atoms with E-state index in [2.05, 4.69) is 4.98 Å². The lowest BCUT2D eigenvalue weighted by atomic mass is 10.1. The summed E-state index contributed by atoms with van der Waals surface area (Å²) in [6.07, 6.45) is 5.63. The summed E-state index contributed by atoms with van der Waals surface area (Å²) in [6, 6.07) is 7.92. The molecule has 0 bridgehead atoms. The standard InChI is InChI=1S/C15H19ClN2O/c1-15(2,19)14-17-9-11-18(14)10-3-4-12-5-7-13(16)8-6-12/h5-9,11,19H,3-4,10H2,1-2H3. The Labute approximate surface area is 118 Å². The Morgan fingerprint density at radius 3 is 2.58 bits per heavy atom. The van der Waals surface area contributed by atoms with Crippen molar-refractivity contribution in [1.82, 2.24) is 9.55 Å². The van der Waals surface area contributed by atoms with Gasteiger partial charge in [-0.3, -0.25) is 0 Å². The van der Waals surface area contributed by atoms with Crippen LogP contribution in [0.25, 0.3) is 0 Å². The number of halogens is 1. The molecule has 0 fully saturated rings. The fourth-order valence-electron chi connectivity index (χ4n) is 2.12. The van der Waals surface area contributed by atoms with Gasteiger partial charge in [0.1, 0.15) is 11.4 Å². The number of aliphatic hydroxyl groups is 1. The molecule has 0 aliphatic carbocycles. The van der Waals surface area contributed by atoms with E-state index in [4.69, 9.17) is 11.6 Å². The molecule has 1 N–H and O–H groups in total. The largest absolute Gasteiger partial charge is 0.383 e. The Bertz CT molecular complexity index is 526. The lowest BCUT2D eigenvalue weighted by molar-refractivity contribution is 0.0646. The second-order valence-electron chi connectivity index (χ2n) is 5.23. The molecular formula is C15H19ClN2O. The van der Waals surface area contributed by atoms with E-state index in [0.717, 1.165) is 24.4 Å². The zero-order chi connectivity index (χ0) is 13.9. The third-order valence-corrected chi connectivity index (χ3v) is 3.29. The molecule has 0 spiro atoms. The molecule has 1 heterocycles. The number of hydrogen-bond acceptors (Lipinski definition) is 2. The van der Waals surface area contributed by atoms with Crippen LogP contribution in [0.1, 0.15) is 31.7 Å². The van der Waals surface area contributed by atoms with E-state index in [-0.39, 0.29) is 0 Å². The van der Waals surface area contributed by atoms with Crippen LogP contribution in [0.4, 0.5) is 0 Å². The van der Waals surface area contributed by atoms with Gasteiger partial charge in [-0.05, 0) is 44.4 Å². The van der Waals surface area contributed by atoms with E-state index in [1.54, 1.807) is 20.0 Å². The van der Waals surface area contributed by atoms with E-state index >= 15 is 0 Å². The maximum absolute atomic E-state index is 10.0. The Kier molecular flexibility index (Phi) is 4.27. The van der Waals surface area contributed by atoms with Gasteiger partial charge in [0, 0.05) is 24.0 Å². The first kappa shape index (κ1) is 14.1. The van der Waals surface area contributed by atoms with E-state index < -0.39 is 5.60 Å².